The minimum Gasteiger partial charge on any atom is -0.463 e. The molecule has 148 valence electrons. The molecule has 2 unspecified atom stereocenters. The van der Waals surface area contributed by atoms with E-state index in [0.29, 0.717) is 0 Å². The molecule has 0 bridgehead atoms. The Hall–Kier alpha value is -2.13. The molecule has 1 saturated heterocycles. The molecule has 8 nitrogen and oxygen atoms in total. The number of nitrogens with zero attached hydrogens (tertiary/aromatic N) is 1. The summed E-state index contributed by atoms with van der Waals surface area (Å²) in [6, 6.07) is 6.07. The van der Waals surface area contributed by atoms with Gasteiger partial charge in [0.15, 0.2) is 0 Å². The molecule has 0 saturated carbocycles. The molecular weight excluding hydrogens is 374 g/mol. The number of carbonyl (C=O) groups excluding carboxylic acids is 2. The van der Waals surface area contributed by atoms with Gasteiger partial charge >= 0.3 is 11.9 Å². The van der Waals surface area contributed by atoms with Crippen molar-refractivity contribution in [3.8, 4) is 0 Å². The lowest BCUT2D eigenvalue weighted by Gasteiger charge is -2.43. The van der Waals surface area contributed by atoms with Crippen LogP contribution in [0.15, 0.2) is 29.2 Å². The van der Waals surface area contributed by atoms with Gasteiger partial charge in [-0.25, -0.2) is 0 Å². The summed E-state index contributed by atoms with van der Waals surface area (Å²) in [6.07, 6.45) is -0.836. The van der Waals surface area contributed by atoms with E-state index in [-0.39, 0.29) is 36.2 Å². The molecule has 1 aliphatic heterocycles. The van der Waals surface area contributed by atoms with E-state index in [4.69, 9.17) is 14.2 Å². The summed E-state index contributed by atoms with van der Waals surface area (Å²) in [4.78, 5) is 33.8. The molecule has 1 heterocycles. The minimum atomic E-state index is -0.526. The van der Waals surface area contributed by atoms with Crippen LogP contribution in [0.4, 0.5) is 5.69 Å². The van der Waals surface area contributed by atoms with E-state index in [0.717, 1.165) is 4.90 Å². The topological polar surface area (TPSA) is 105 Å². The molecule has 27 heavy (non-hydrogen) atoms. The van der Waals surface area contributed by atoms with E-state index >= 15 is 0 Å². The fourth-order valence-corrected chi connectivity index (χ4v) is 4.08. The first kappa shape index (κ1) is 21.2. The minimum absolute atomic E-state index is 0.00223. The third-order valence-electron chi connectivity index (χ3n) is 4.56. The fourth-order valence-electron chi connectivity index (χ4n) is 2.88. The average molecular weight is 397 g/mol. The lowest BCUT2D eigenvalue weighted by molar-refractivity contribution is -0.384. The van der Waals surface area contributed by atoms with E-state index in [1.54, 1.807) is 12.1 Å². The molecule has 5 atom stereocenters. The quantitative estimate of drug-likeness (QED) is 0.409. The smallest absolute Gasteiger partial charge is 0.303 e. The zero-order valence-electron chi connectivity index (χ0n) is 15.6. The number of hydrogen-bond donors (Lipinski definition) is 0. The van der Waals surface area contributed by atoms with Gasteiger partial charge in [0, 0.05) is 36.8 Å². The lowest BCUT2D eigenvalue weighted by atomic mass is 9.84. The predicted molar refractivity (Wildman–Crippen MR) is 98.1 cm³/mol. The van der Waals surface area contributed by atoms with Gasteiger partial charge in [0.25, 0.3) is 5.69 Å². The van der Waals surface area contributed by atoms with Crippen LogP contribution in [0.3, 0.4) is 0 Å². The molecule has 2 rings (SSSR count). The van der Waals surface area contributed by atoms with Crippen LogP contribution in [-0.4, -0.2) is 41.1 Å². The highest BCUT2D eigenvalue weighted by atomic mass is 32.2. The van der Waals surface area contributed by atoms with Gasteiger partial charge in [-0.3, -0.25) is 19.7 Å². The Labute approximate surface area is 161 Å². The van der Waals surface area contributed by atoms with E-state index in [1.165, 1.54) is 37.7 Å². The highest BCUT2D eigenvalue weighted by molar-refractivity contribution is 7.99. The summed E-state index contributed by atoms with van der Waals surface area (Å²) < 4.78 is 16.7. The molecule has 0 radical (unpaired) electrons. The molecule has 0 spiro atoms. The number of ether oxygens (including phenoxy) is 3. The standard InChI is InChI=1S/C18H23NO7S/c1-10-11(2)17(25-13(4)21)18(26-16(10)9-24-12(3)20)27-15-7-5-14(6-8-15)19(22)23/h5-8,10-11,16-18H,9H2,1-4H3/t10-,11-,16?,17?,18-/m0/s1. The van der Waals surface area contributed by atoms with Crippen molar-refractivity contribution in [2.45, 2.75) is 50.2 Å². The number of carbonyl (C=O) groups is 2. The number of esters is 2. The Balaban J connectivity index is 2.19. The molecule has 0 aliphatic carbocycles. The Morgan fingerprint density at radius 1 is 1.15 bits per heavy atom. The van der Waals surface area contributed by atoms with Crippen molar-refractivity contribution in [3.05, 3.63) is 34.4 Å². The molecule has 1 aromatic rings. The van der Waals surface area contributed by atoms with Gasteiger partial charge in [-0.15, -0.1) is 0 Å². The van der Waals surface area contributed by atoms with Gasteiger partial charge in [-0.2, -0.15) is 0 Å². The van der Waals surface area contributed by atoms with Crippen LogP contribution in [0, 0.1) is 22.0 Å². The van der Waals surface area contributed by atoms with Crippen molar-refractivity contribution in [2.24, 2.45) is 11.8 Å². The Kier molecular flexibility index (Phi) is 7.20. The van der Waals surface area contributed by atoms with Gasteiger partial charge < -0.3 is 14.2 Å². The number of non-ortho nitro benzene ring substituents is 1. The first-order valence-corrected chi connectivity index (χ1v) is 9.44. The number of thioether (sulfide) groups is 1. The summed E-state index contributed by atoms with van der Waals surface area (Å²) in [5.41, 5.74) is -0.530. The second-order valence-electron chi connectivity index (χ2n) is 6.51. The third-order valence-corrected chi connectivity index (χ3v) is 5.72. The van der Waals surface area contributed by atoms with Crippen molar-refractivity contribution < 1.29 is 28.7 Å². The number of nitro groups is 1. The highest BCUT2D eigenvalue weighted by Crippen LogP contribution is 2.40. The van der Waals surface area contributed by atoms with Crippen LogP contribution in [0.25, 0.3) is 0 Å². The zero-order chi connectivity index (χ0) is 20.1. The molecule has 0 N–H and O–H groups in total. The number of nitro benzene ring substituents is 1. The number of rotatable bonds is 6. The fraction of sp³-hybridized carbons (Fsp3) is 0.556. The summed E-state index contributed by atoms with van der Waals surface area (Å²) in [7, 11) is 0. The average Bonchev–Trinajstić information content (AvgIpc) is 2.60. The van der Waals surface area contributed by atoms with Crippen LogP contribution in [-0.2, 0) is 23.8 Å². The van der Waals surface area contributed by atoms with E-state index in [2.05, 4.69) is 0 Å². The van der Waals surface area contributed by atoms with Crippen LogP contribution in [0.5, 0.6) is 0 Å². The summed E-state index contributed by atoms with van der Waals surface area (Å²) in [5.74, 6) is -0.823. The maximum absolute atomic E-state index is 11.5. The van der Waals surface area contributed by atoms with Crippen molar-refractivity contribution in [1.29, 1.82) is 0 Å². The SMILES string of the molecule is CC(=O)OCC1O[C@@H](Sc2ccc([N+](=O)[O-])cc2)C(OC(C)=O)[C@@H](C)[C@@H]1C. The van der Waals surface area contributed by atoms with Gasteiger partial charge in [0.2, 0.25) is 0 Å². The maximum Gasteiger partial charge on any atom is 0.303 e. The molecule has 1 aliphatic rings. The van der Waals surface area contributed by atoms with Crippen molar-refractivity contribution in [2.75, 3.05) is 6.61 Å². The molecule has 9 heteroatoms. The van der Waals surface area contributed by atoms with Crippen molar-refractivity contribution in [1.82, 2.24) is 0 Å². The van der Waals surface area contributed by atoms with Crippen molar-refractivity contribution >= 4 is 29.4 Å². The third kappa shape index (κ3) is 5.67. The largest absolute Gasteiger partial charge is 0.463 e. The Bertz CT molecular complexity index is 691. The first-order chi connectivity index (χ1) is 12.7. The highest BCUT2D eigenvalue weighted by Gasteiger charge is 2.44. The molecule has 1 aromatic carbocycles. The summed E-state index contributed by atoms with van der Waals surface area (Å²) in [5, 5.41) is 10.8. The van der Waals surface area contributed by atoms with E-state index in [9.17, 15) is 19.7 Å². The molecular formula is C18H23NO7S. The van der Waals surface area contributed by atoms with Gasteiger partial charge in [0.1, 0.15) is 18.1 Å². The Morgan fingerprint density at radius 3 is 2.30 bits per heavy atom. The van der Waals surface area contributed by atoms with Gasteiger partial charge in [0.05, 0.1) is 11.0 Å². The van der Waals surface area contributed by atoms with Crippen LogP contribution in [0.1, 0.15) is 27.7 Å². The number of hydrogen-bond acceptors (Lipinski definition) is 8. The van der Waals surface area contributed by atoms with E-state index in [1.807, 2.05) is 13.8 Å². The van der Waals surface area contributed by atoms with Gasteiger partial charge in [-0.1, -0.05) is 25.6 Å². The number of benzene rings is 1. The van der Waals surface area contributed by atoms with Crippen LogP contribution < -0.4 is 0 Å². The second kappa shape index (κ2) is 9.18. The lowest BCUT2D eigenvalue weighted by Crippen LogP contribution is -2.51. The summed E-state index contributed by atoms with van der Waals surface area (Å²) in [6.45, 7) is 6.72. The first-order valence-electron chi connectivity index (χ1n) is 8.56. The normalized spacial score (nSPS) is 27.6. The zero-order valence-corrected chi connectivity index (χ0v) is 16.4. The van der Waals surface area contributed by atoms with Crippen LogP contribution in [0.2, 0.25) is 0 Å². The monoisotopic (exact) mass is 397 g/mol. The predicted octanol–water partition coefficient (Wildman–Crippen LogP) is 3.18. The second-order valence-corrected chi connectivity index (χ2v) is 7.68. The van der Waals surface area contributed by atoms with Crippen molar-refractivity contribution in [3.63, 3.8) is 0 Å². The maximum atomic E-state index is 11.5. The van der Waals surface area contributed by atoms with Gasteiger partial charge in [-0.05, 0) is 18.1 Å². The molecule has 0 amide bonds. The van der Waals surface area contributed by atoms with Crippen LogP contribution >= 0.6 is 11.8 Å². The summed E-state index contributed by atoms with van der Waals surface area (Å²) >= 11 is 1.32. The Morgan fingerprint density at radius 2 is 1.78 bits per heavy atom. The molecule has 0 aromatic heterocycles. The van der Waals surface area contributed by atoms with E-state index < -0.39 is 22.4 Å². The molecule has 1 fully saturated rings.